The first-order valence-electron chi connectivity index (χ1n) is 3.48. The van der Waals surface area contributed by atoms with E-state index in [0.29, 0.717) is 6.29 Å². The molecule has 1 unspecified atom stereocenters. The molecule has 0 aromatic heterocycles. The molecule has 0 saturated carbocycles. The Hall–Kier alpha value is -0.920. The Bertz CT molecular complexity index is 170. The Balaban J connectivity index is 2.49. The van der Waals surface area contributed by atoms with Crippen molar-refractivity contribution < 1.29 is 9.59 Å². The van der Waals surface area contributed by atoms with Gasteiger partial charge in [0, 0.05) is 5.92 Å². The minimum Gasteiger partial charge on any atom is -0.295 e. The van der Waals surface area contributed by atoms with Gasteiger partial charge in [-0.2, -0.15) is 0 Å². The van der Waals surface area contributed by atoms with E-state index >= 15 is 0 Å². The van der Waals surface area contributed by atoms with Crippen LogP contribution in [0, 0.1) is 5.92 Å². The zero-order valence-electron chi connectivity index (χ0n) is 5.75. The molecule has 0 radical (unpaired) electrons. The highest BCUT2D eigenvalue weighted by molar-refractivity contribution is 6.26. The standard InChI is InChI=1S/C8H10O2/c9-6-8(10)7-4-2-1-3-5-7/h1-2,6-7H,3-5H2. The zero-order valence-corrected chi connectivity index (χ0v) is 5.75. The Morgan fingerprint density at radius 2 is 2.30 bits per heavy atom. The van der Waals surface area contributed by atoms with Crippen LogP contribution in [-0.4, -0.2) is 12.1 Å². The molecule has 54 valence electrons. The predicted octanol–water partition coefficient (Wildman–Crippen LogP) is 1.11. The van der Waals surface area contributed by atoms with Crippen molar-refractivity contribution >= 4 is 12.1 Å². The third kappa shape index (κ3) is 1.53. The van der Waals surface area contributed by atoms with Crippen LogP contribution in [0.15, 0.2) is 12.2 Å². The van der Waals surface area contributed by atoms with E-state index in [2.05, 4.69) is 6.08 Å². The van der Waals surface area contributed by atoms with Crippen molar-refractivity contribution in [3.05, 3.63) is 12.2 Å². The molecule has 1 atom stereocenters. The van der Waals surface area contributed by atoms with E-state index in [4.69, 9.17) is 0 Å². The van der Waals surface area contributed by atoms with E-state index in [9.17, 15) is 9.59 Å². The van der Waals surface area contributed by atoms with Crippen LogP contribution in [0.25, 0.3) is 0 Å². The molecule has 2 heteroatoms. The average molecular weight is 138 g/mol. The van der Waals surface area contributed by atoms with Crippen LogP contribution in [0.5, 0.6) is 0 Å². The van der Waals surface area contributed by atoms with E-state index in [-0.39, 0.29) is 11.7 Å². The monoisotopic (exact) mass is 138 g/mol. The summed E-state index contributed by atoms with van der Waals surface area (Å²) in [6.07, 6.45) is 6.98. The molecular weight excluding hydrogens is 128 g/mol. The molecule has 0 aromatic carbocycles. The van der Waals surface area contributed by atoms with Crippen LogP contribution < -0.4 is 0 Å². The lowest BCUT2D eigenvalue weighted by Crippen LogP contribution is -2.16. The number of Topliss-reactive ketones (excluding diaryl/α,β-unsaturated/α-hetero) is 1. The van der Waals surface area contributed by atoms with Gasteiger partial charge in [0.1, 0.15) is 0 Å². The number of carbonyl (C=O) groups is 2. The van der Waals surface area contributed by atoms with Crippen molar-refractivity contribution in [2.75, 3.05) is 0 Å². The van der Waals surface area contributed by atoms with Gasteiger partial charge >= 0.3 is 0 Å². The summed E-state index contributed by atoms with van der Waals surface area (Å²) in [7, 11) is 0. The number of hydrogen-bond donors (Lipinski definition) is 0. The number of hydrogen-bond acceptors (Lipinski definition) is 2. The molecule has 0 N–H and O–H groups in total. The van der Waals surface area contributed by atoms with Crippen LogP contribution in [0.2, 0.25) is 0 Å². The molecule has 2 nitrogen and oxygen atoms in total. The second-order valence-corrected chi connectivity index (χ2v) is 2.50. The normalized spacial score (nSPS) is 24.2. The van der Waals surface area contributed by atoms with Crippen LogP contribution >= 0.6 is 0 Å². The lowest BCUT2D eigenvalue weighted by Gasteiger charge is -2.12. The highest BCUT2D eigenvalue weighted by Crippen LogP contribution is 2.17. The summed E-state index contributed by atoms with van der Waals surface area (Å²) >= 11 is 0. The fraction of sp³-hybridized carbons (Fsp3) is 0.500. The van der Waals surface area contributed by atoms with Crippen molar-refractivity contribution in [1.29, 1.82) is 0 Å². The molecule has 0 spiro atoms. The van der Waals surface area contributed by atoms with Crippen LogP contribution in [0.1, 0.15) is 19.3 Å². The number of rotatable bonds is 2. The Kier molecular flexibility index (Phi) is 2.37. The Labute approximate surface area is 59.9 Å². The van der Waals surface area contributed by atoms with Gasteiger partial charge in [0.2, 0.25) is 0 Å². The molecule has 1 aliphatic rings. The van der Waals surface area contributed by atoms with E-state index in [1.807, 2.05) is 6.08 Å². The minimum atomic E-state index is -0.246. The fourth-order valence-corrected chi connectivity index (χ4v) is 1.15. The van der Waals surface area contributed by atoms with Crippen LogP contribution in [-0.2, 0) is 9.59 Å². The van der Waals surface area contributed by atoms with Gasteiger partial charge in [0.25, 0.3) is 0 Å². The molecule has 0 heterocycles. The minimum absolute atomic E-state index is 0.0255. The highest BCUT2D eigenvalue weighted by atomic mass is 16.2. The molecule has 0 amide bonds. The molecule has 0 aliphatic heterocycles. The van der Waals surface area contributed by atoms with Crippen LogP contribution in [0.3, 0.4) is 0 Å². The van der Waals surface area contributed by atoms with Gasteiger partial charge in [-0.05, 0) is 19.3 Å². The summed E-state index contributed by atoms with van der Waals surface area (Å²) in [4.78, 5) is 20.8. The predicted molar refractivity (Wildman–Crippen MR) is 37.6 cm³/mol. The topological polar surface area (TPSA) is 34.1 Å². The third-order valence-electron chi connectivity index (χ3n) is 1.79. The van der Waals surface area contributed by atoms with E-state index in [1.54, 1.807) is 0 Å². The number of ketones is 1. The van der Waals surface area contributed by atoms with Crippen molar-refractivity contribution in [2.24, 2.45) is 5.92 Å². The van der Waals surface area contributed by atoms with Gasteiger partial charge in [0.05, 0.1) is 0 Å². The maximum atomic E-state index is 10.8. The van der Waals surface area contributed by atoms with Crippen molar-refractivity contribution in [2.45, 2.75) is 19.3 Å². The van der Waals surface area contributed by atoms with Crippen molar-refractivity contribution in [3.63, 3.8) is 0 Å². The van der Waals surface area contributed by atoms with E-state index in [0.717, 1.165) is 19.3 Å². The molecule has 0 saturated heterocycles. The summed E-state index contributed by atoms with van der Waals surface area (Å²) < 4.78 is 0. The summed E-state index contributed by atoms with van der Waals surface area (Å²) in [5.74, 6) is -0.271. The van der Waals surface area contributed by atoms with Crippen LogP contribution in [0.4, 0.5) is 0 Å². The van der Waals surface area contributed by atoms with Gasteiger partial charge in [0.15, 0.2) is 12.1 Å². The first-order valence-corrected chi connectivity index (χ1v) is 3.48. The van der Waals surface area contributed by atoms with Gasteiger partial charge in [-0.15, -0.1) is 0 Å². The highest BCUT2D eigenvalue weighted by Gasteiger charge is 2.16. The van der Waals surface area contributed by atoms with Gasteiger partial charge in [-0.1, -0.05) is 12.2 Å². The maximum Gasteiger partial charge on any atom is 0.198 e. The lowest BCUT2D eigenvalue weighted by atomic mass is 9.91. The molecular formula is C8H10O2. The van der Waals surface area contributed by atoms with Crippen molar-refractivity contribution in [3.8, 4) is 0 Å². The van der Waals surface area contributed by atoms with Crippen molar-refractivity contribution in [1.82, 2.24) is 0 Å². The molecule has 0 aromatic rings. The van der Waals surface area contributed by atoms with Gasteiger partial charge in [-0.25, -0.2) is 0 Å². The molecule has 1 rings (SSSR count). The number of allylic oxidation sites excluding steroid dienone is 2. The number of carbonyl (C=O) groups excluding carboxylic acids is 2. The fourth-order valence-electron chi connectivity index (χ4n) is 1.15. The quantitative estimate of drug-likeness (QED) is 0.325. The average Bonchev–Trinajstić information content (AvgIpc) is 2.05. The lowest BCUT2D eigenvalue weighted by molar-refractivity contribution is -0.132. The smallest absolute Gasteiger partial charge is 0.198 e. The first-order chi connectivity index (χ1) is 4.84. The summed E-state index contributed by atoms with van der Waals surface area (Å²) in [6.45, 7) is 0. The Morgan fingerprint density at radius 3 is 2.80 bits per heavy atom. The molecule has 0 fully saturated rings. The Morgan fingerprint density at radius 1 is 1.50 bits per heavy atom. The largest absolute Gasteiger partial charge is 0.295 e. The molecule has 1 aliphatic carbocycles. The summed E-state index contributed by atoms with van der Waals surface area (Å²) in [6, 6.07) is 0. The maximum absolute atomic E-state index is 10.8. The molecule has 0 bridgehead atoms. The van der Waals surface area contributed by atoms with Gasteiger partial charge < -0.3 is 0 Å². The number of aldehydes is 1. The zero-order chi connectivity index (χ0) is 7.40. The first kappa shape index (κ1) is 7.19. The van der Waals surface area contributed by atoms with E-state index in [1.165, 1.54) is 0 Å². The summed E-state index contributed by atoms with van der Waals surface area (Å²) in [5, 5.41) is 0. The second kappa shape index (κ2) is 3.30. The van der Waals surface area contributed by atoms with Gasteiger partial charge in [-0.3, -0.25) is 9.59 Å². The summed E-state index contributed by atoms with van der Waals surface area (Å²) in [5.41, 5.74) is 0. The second-order valence-electron chi connectivity index (χ2n) is 2.50. The third-order valence-corrected chi connectivity index (χ3v) is 1.79. The molecule has 10 heavy (non-hydrogen) atoms. The van der Waals surface area contributed by atoms with E-state index < -0.39 is 0 Å². The SMILES string of the molecule is O=CC(=O)C1CC=CCC1.